The zero-order chi connectivity index (χ0) is 15.6. The Morgan fingerprint density at radius 1 is 1.05 bits per heavy atom. The first kappa shape index (κ1) is 15.7. The maximum atomic E-state index is 11.4. The van der Waals surface area contributed by atoms with Crippen LogP contribution in [0.2, 0.25) is 0 Å². The minimum atomic E-state index is -1.98. The third-order valence-electron chi connectivity index (χ3n) is 2.60. The quantitative estimate of drug-likeness (QED) is 0.211. The van der Waals surface area contributed by atoms with Crippen LogP contribution < -0.4 is 5.73 Å². The van der Waals surface area contributed by atoms with E-state index >= 15 is 0 Å². The Kier molecular flexibility index (Phi) is 4.48. The average molecular weight is 289 g/mol. The molecule has 20 heavy (non-hydrogen) atoms. The molecule has 0 spiro atoms. The molecule has 0 aromatic heterocycles. The number of benzene rings is 1. The lowest BCUT2D eigenvalue weighted by atomic mass is 9.99. The van der Waals surface area contributed by atoms with E-state index in [9.17, 15) is 35.4 Å². The number of ether oxygens (including phenoxy) is 1. The Morgan fingerprint density at radius 3 is 1.85 bits per heavy atom. The lowest BCUT2D eigenvalue weighted by Crippen LogP contribution is -2.38. The SMILES string of the molecule is CCOC(=O)C(N)C(O)c1c(O)c(O)c(O)c(O)c1O. The molecule has 0 saturated heterocycles. The predicted octanol–water partition coefficient (Wildman–Crippen LogP) is -0.862. The van der Waals surface area contributed by atoms with Gasteiger partial charge in [0.05, 0.1) is 12.2 Å². The van der Waals surface area contributed by atoms with Crippen molar-refractivity contribution >= 4 is 5.97 Å². The molecular formula is C11H15NO8. The van der Waals surface area contributed by atoms with Crippen LogP contribution in [0.25, 0.3) is 0 Å². The van der Waals surface area contributed by atoms with E-state index in [2.05, 4.69) is 4.74 Å². The number of carbonyl (C=O) groups excluding carboxylic acids is 1. The lowest BCUT2D eigenvalue weighted by Gasteiger charge is -2.20. The van der Waals surface area contributed by atoms with Crippen LogP contribution in [0.4, 0.5) is 0 Å². The highest BCUT2D eigenvalue weighted by atomic mass is 16.5. The molecular weight excluding hydrogens is 274 g/mol. The number of phenolic OH excluding ortho intramolecular Hbond substituents is 5. The van der Waals surface area contributed by atoms with E-state index in [1.807, 2.05) is 0 Å². The molecule has 0 heterocycles. The van der Waals surface area contributed by atoms with Crippen LogP contribution >= 0.6 is 0 Å². The number of aromatic hydroxyl groups is 5. The summed E-state index contributed by atoms with van der Waals surface area (Å²) in [5, 5.41) is 56.8. The second-order valence-electron chi connectivity index (χ2n) is 3.88. The van der Waals surface area contributed by atoms with Crippen molar-refractivity contribution in [3.63, 3.8) is 0 Å². The third kappa shape index (κ3) is 2.49. The molecule has 1 aromatic rings. The van der Waals surface area contributed by atoms with Gasteiger partial charge in [0.25, 0.3) is 0 Å². The minimum Gasteiger partial charge on any atom is -0.504 e. The number of carbonyl (C=O) groups is 1. The summed E-state index contributed by atoms with van der Waals surface area (Å²) in [7, 11) is 0. The number of aliphatic hydroxyl groups is 1. The standard InChI is InChI=1S/C11H15NO8/c1-2-20-11(19)4(12)5(13)3-6(14)8(16)10(18)9(17)7(3)15/h4-5,13-18H,2,12H2,1H3. The van der Waals surface area contributed by atoms with Gasteiger partial charge in [-0.1, -0.05) is 0 Å². The number of nitrogens with two attached hydrogens (primary N) is 1. The molecule has 2 unspecified atom stereocenters. The van der Waals surface area contributed by atoms with Crippen molar-refractivity contribution in [1.29, 1.82) is 0 Å². The van der Waals surface area contributed by atoms with Gasteiger partial charge in [0.15, 0.2) is 11.5 Å². The average Bonchev–Trinajstić information content (AvgIpc) is 2.42. The van der Waals surface area contributed by atoms with E-state index in [-0.39, 0.29) is 6.61 Å². The Hall–Kier alpha value is -2.39. The highest BCUT2D eigenvalue weighted by Gasteiger charge is 2.34. The Labute approximate surface area is 113 Å². The van der Waals surface area contributed by atoms with E-state index in [0.717, 1.165) is 0 Å². The highest BCUT2D eigenvalue weighted by Crippen LogP contribution is 2.52. The van der Waals surface area contributed by atoms with Crippen molar-refractivity contribution in [1.82, 2.24) is 0 Å². The molecule has 8 N–H and O–H groups in total. The number of hydrogen-bond donors (Lipinski definition) is 7. The Morgan fingerprint density at radius 2 is 1.45 bits per heavy atom. The topological polar surface area (TPSA) is 174 Å². The van der Waals surface area contributed by atoms with Gasteiger partial charge in [-0.2, -0.15) is 0 Å². The van der Waals surface area contributed by atoms with E-state index in [4.69, 9.17) is 5.73 Å². The number of hydrogen-bond acceptors (Lipinski definition) is 9. The van der Waals surface area contributed by atoms with Crippen molar-refractivity contribution < 1.29 is 40.2 Å². The summed E-state index contributed by atoms with van der Waals surface area (Å²) in [5.74, 6) is -6.79. The molecule has 1 aromatic carbocycles. The second kappa shape index (κ2) is 5.72. The molecule has 9 nitrogen and oxygen atoms in total. The first-order chi connectivity index (χ1) is 9.23. The molecule has 0 saturated carbocycles. The zero-order valence-electron chi connectivity index (χ0n) is 10.4. The third-order valence-corrected chi connectivity index (χ3v) is 2.60. The van der Waals surface area contributed by atoms with Gasteiger partial charge in [-0.05, 0) is 6.92 Å². The van der Waals surface area contributed by atoms with Gasteiger partial charge in [0.1, 0.15) is 12.1 Å². The van der Waals surface area contributed by atoms with Crippen LogP contribution in [0.15, 0.2) is 0 Å². The molecule has 1 rings (SSSR count). The summed E-state index contributed by atoms with van der Waals surface area (Å²) in [6.07, 6.45) is -1.98. The normalized spacial score (nSPS) is 13.8. The van der Waals surface area contributed by atoms with E-state index < -0.39 is 52.4 Å². The zero-order valence-corrected chi connectivity index (χ0v) is 10.4. The molecule has 0 aliphatic rings. The van der Waals surface area contributed by atoms with Gasteiger partial charge >= 0.3 is 5.97 Å². The Balaban J connectivity index is 3.30. The molecule has 0 amide bonds. The molecule has 0 fully saturated rings. The van der Waals surface area contributed by atoms with Crippen molar-refractivity contribution in [3.05, 3.63) is 5.56 Å². The van der Waals surface area contributed by atoms with E-state index in [1.54, 1.807) is 0 Å². The largest absolute Gasteiger partial charge is 0.504 e. The van der Waals surface area contributed by atoms with E-state index in [1.165, 1.54) is 6.92 Å². The Bertz CT molecular complexity index is 501. The van der Waals surface area contributed by atoms with Gasteiger partial charge < -0.3 is 41.1 Å². The summed E-state index contributed by atoms with van der Waals surface area (Å²) in [6.45, 7) is 1.49. The number of rotatable bonds is 4. The summed E-state index contributed by atoms with van der Waals surface area (Å²) >= 11 is 0. The van der Waals surface area contributed by atoms with Crippen molar-refractivity contribution in [2.24, 2.45) is 5.73 Å². The molecule has 0 bridgehead atoms. The number of esters is 1. The van der Waals surface area contributed by atoms with Gasteiger partial charge in [-0.15, -0.1) is 0 Å². The molecule has 9 heteroatoms. The summed E-state index contributed by atoms with van der Waals surface area (Å²) in [4.78, 5) is 11.4. The molecule has 0 aliphatic heterocycles. The second-order valence-corrected chi connectivity index (χ2v) is 3.88. The van der Waals surface area contributed by atoms with Crippen LogP contribution in [-0.4, -0.2) is 49.3 Å². The minimum absolute atomic E-state index is 0.0106. The summed E-state index contributed by atoms with van der Waals surface area (Å²) in [5.41, 5.74) is 4.58. The summed E-state index contributed by atoms with van der Waals surface area (Å²) in [6, 6.07) is -1.69. The highest BCUT2D eigenvalue weighted by molar-refractivity contribution is 5.78. The van der Waals surface area contributed by atoms with Crippen molar-refractivity contribution in [2.75, 3.05) is 6.61 Å². The maximum Gasteiger partial charge on any atom is 0.325 e. The number of phenols is 5. The molecule has 0 aliphatic carbocycles. The fourth-order valence-electron chi connectivity index (χ4n) is 1.53. The summed E-state index contributed by atoms with van der Waals surface area (Å²) < 4.78 is 4.55. The fraction of sp³-hybridized carbons (Fsp3) is 0.364. The molecule has 2 atom stereocenters. The van der Waals surface area contributed by atoms with Gasteiger partial charge in [0.2, 0.25) is 17.2 Å². The van der Waals surface area contributed by atoms with Gasteiger partial charge in [-0.3, -0.25) is 4.79 Å². The predicted molar refractivity (Wildman–Crippen MR) is 64.3 cm³/mol. The van der Waals surface area contributed by atoms with Crippen LogP contribution in [0, 0.1) is 0 Å². The smallest absolute Gasteiger partial charge is 0.325 e. The lowest BCUT2D eigenvalue weighted by molar-refractivity contribution is -0.147. The first-order valence-electron chi connectivity index (χ1n) is 5.52. The maximum absolute atomic E-state index is 11.4. The number of aliphatic hydroxyl groups excluding tert-OH is 1. The molecule has 112 valence electrons. The monoisotopic (exact) mass is 289 g/mol. The van der Waals surface area contributed by atoms with Crippen LogP contribution in [0.1, 0.15) is 18.6 Å². The van der Waals surface area contributed by atoms with Crippen LogP contribution in [-0.2, 0) is 9.53 Å². The molecule has 0 radical (unpaired) electrons. The van der Waals surface area contributed by atoms with Gasteiger partial charge in [0, 0.05) is 0 Å². The van der Waals surface area contributed by atoms with Crippen molar-refractivity contribution in [2.45, 2.75) is 19.1 Å². The first-order valence-corrected chi connectivity index (χ1v) is 5.52. The fourth-order valence-corrected chi connectivity index (χ4v) is 1.53. The van der Waals surface area contributed by atoms with E-state index in [0.29, 0.717) is 0 Å². The van der Waals surface area contributed by atoms with Crippen LogP contribution in [0.5, 0.6) is 28.7 Å². The van der Waals surface area contributed by atoms with Gasteiger partial charge in [-0.25, -0.2) is 0 Å². The van der Waals surface area contributed by atoms with Crippen LogP contribution in [0.3, 0.4) is 0 Å². The van der Waals surface area contributed by atoms with Crippen molar-refractivity contribution in [3.8, 4) is 28.7 Å².